The summed E-state index contributed by atoms with van der Waals surface area (Å²) in [4.78, 5) is 26.3. The molecule has 6 N–H and O–H groups in total. The van der Waals surface area contributed by atoms with E-state index < -0.39 is 5.97 Å². The summed E-state index contributed by atoms with van der Waals surface area (Å²) in [5.41, 5.74) is 6.86. The normalized spacial score (nSPS) is 10.6. The number of nitrogens with one attached hydrogen (secondary N) is 3. The van der Waals surface area contributed by atoms with Gasteiger partial charge in [-0.25, -0.2) is 14.8 Å². The van der Waals surface area contributed by atoms with Crippen molar-refractivity contribution < 1.29 is 14.6 Å². The second-order valence-corrected chi connectivity index (χ2v) is 5.65. The van der Waals surface area contributed by atoms with Gasteiger partial charge in [-0.2, -0.15) is 4.98 Å². The number of nitrogens with zero attached hydrogens (tertiary/aromatic N) is 3. The number of anilines is 3. The van der Waals surface area contributed by atoms with Crippen molar-refractivity contribution in [3.63, 3.8) is 0 Å². The number of rotatable bonds is 5. The minimum Gasteiger partial charge on any atom is -0.479 e. The SMILES string of the molecule is COc1nc(N)c(C=N)cc1Nc1ncnc2[nH]c(C(=O)O)c(Br)c12. The molecule has 0 unspecified atom stereocenters. The molecule has 0 bridgehead atoms. The van der Waals surface area contributed by atoms with Crippen molar-refractivity contribution in [2.24, 2.45) is 0 Å². The summed E-state index contributed by atoms with van der Waals surface area (Å²) in [5, 5.41) is 20.1. The van der Waals surface area contributed by atoms with E-state index in [9.17, 15) is 9.90 Å². The number of pyridine rings is 1. The van der Waals surface area contributed by atoms with E-state index in [1.807, 2.05) is 0 Å². The smallest absolute Gasteiger partial charge is 0.353 e. The average Bonchev–Trinajstić information content (AvgIpc) is 2.94. The zero-order valence-corrected chi connectivity index (χ0v) is 14.4. The first-order chi connectivity index (χ1) is 12.0. The Morgan fingerprint density at radius 2 is 2.28 bits per heavy atom. The zero-order valence-electron chi connectivity index (χ0n) is 12.8. The van der Waals surface area contributed by atoms with Gasteiger partial charge in [0.2, 0.25) is 5.88 Å². The third-order valence-electron chi connectivity index (χ3n) is 3.39. The number of aromatic carboxylic acids is 1. The molecule has 3 aromatic rings. The molecular weight excluding hydrogens is 394 g/mol. The summed E-state index contributed by atoms with van der Waals surface area (Å²) in [6.45, 7) is 0. The number of hydrogen-bond acceptors (Lipinski definition) is 8. The Bertz CT molecular complexity index is 1000. The van der Waals surface area contributed by atoms with Gasteiger partial charge in [0.25, 0.3) is 0 Å². The lowest BCUT2D eigenvalue weighted by Crippen LogP contribution is -2.04. The van der Waals surface area contributed by atoms with Crippen LogP contribution >= 0.6 is 15.9 Å². The molecule has 0 saturated carbocycles. The zero-order chi connectivity index (χ0) is 18.1. The lowest BCUT2D eigenvalue weighted by Gasteiger charge is -2.12. The first kappa shape index (κ1) is 16.6. The summed E-state index contributed by atoms with van der Waals surface area (Å²) in [6, 6.07) is 1.58. The summed E-state index contributed by atoms with van der Waals surface area (Å²) in [6.07, 6.45) is 2.35. The predicted molar refractivity (Wildman–Crippen MR) is 94.9 cm³/mol. The molecule has 0 aliphatic heterocycles. The Morgan fingerprint density at radius 3 is 2.92 bits per heavy atom. The maximum absolute atomic E-state index is 11.3. The second-order valence-electron chi connectivity index (χ2n) is 4.85. The van der Waals surface area contributed by atoms with Crippen LogP contribution in [0.15, 0.2) is 16.9 Å². The fraction of sp³-hybridized carbons (Fsp3) is 0.0714. The van der Waals surface area contributed by atoms with Crippen molar-refractivity contribution in [1.82, 2.24) is 19.9 Å². The second kappa shape index (κ2) is 6.36. The van der Waals surface area contributed by atoms with Crippen LogP contribution in [0.25, 0.3) is 11.0 Å². The standard InChI is InChI=1S/C14H12BrN7O3/c1-25-13-6(2-5(3-16)10(17)22-13)20-11-7-8(15)9(14(23)24)21-12(7)19-4-18-11/h2-4,16H,1H3,(H2,17,22)(H,23,24)(H2,18,19,20,21). The molecular formula is C14H12BrN7O3. The van der Waals surface area contributed by atoms with E-state index in [-0.39, 0.29) is 17.4 Å². The van der Waals surface area contributed by atoms with E-state index in [1.165, 1.54) is 13.4 Å². The summed E-state index contributed by atoms with van der Waals surface area (Å²) >= 11 is 3.26. The van der Waals surface area contributed by atoms with Crippen LogP contribution in [0.4, 0.5) is 17.3 Å². The molecule has 0 aromatic carbocycles. The maximum atomic E-state index is 11.3. The molecule has 25 heavy (non-hydrogen) atoms. The molecule has 3 heterocycles. The van der Waals surface area contributed by atoms with Gasteiger partial charge in [0.15, 0.2) is 0 Å². The molecule has 10 nitrogen and oxygen atoms in total. The predicted octanol–water partition coefficient (Wildman–Crippen LogP) is 2.15. The van der Waals surface area contributed by atoms with Crippen molar-refractivity contribution in [2.45, 2.75) is 0 Å². The van der Waals surface area contributed by atoms with Gasteiger partial charge in [-0.15, -0.1) is 0 Å². The van der Waals surface area contributed by atoms with Crippen LogP contribution in [0.2, 0.25) is 0 Å². The fourth-order valence-electron chi connectivity index (χ4n) is 2.24. The number of carboxylic acid groups (broad SMARTS) is 1. The summed E-state index contributed by atoms with van der Waals surface area (Å²) in [5.74, 6) is -0.434. The van der Waals surface area contributed by atoms with Crippen molar-refractivity contribution in [3.8, 4) is 5.88 Å². The van der Waals surface area contributed by atoms with Crippen molar-refractivity contribution in [3.05, 3.63) is 28.1 Å². The molecule has 0 aliphatic rings. The molecule has 3 rings (SSSR count). The summed E-state index contributed by atoms with van der Waals surface area (Å²) in [7, 11) is 1.43. The van der Waals surface area contributed by atoms with E-state index in [1.54, 1.807) is 6.07 Å². The van der Waals surface area contributed by atoms with Crippen LogP contribution in [-0.2, 0) is 0 Å². The number of halogens is 1. The number of ether oxygens (including phenoxy) is 1. The van der Waals surface area contributed by atoms with Gasteiger partial charge in [-0.3, -0.25) is 0 Å². The highest BCUT2D eigenvalue weighted by Crippen LogP contribution is 2.35. The van der Waals surface area contributed by atoms with Crippen molar-refractivity contribution in [1.29, 1.82) is 5.41 Å². The lowest BCUT2D eigenvalue weighted by molar-refractivity contribution is 0.0690. The molecule has 0 radical (unpaired) electrons. The number of nitrogen functional groups attached to an aromatic ring is 1. The van der Waals surface area contributed by atoms with Gasteiger partial charge in [0, 0.05) is 11.8 Å². The number of carboxylic acids is 1. The van der Waals surface area contributed by atoms with E-state index >= 15 is 0 Å². The van der Waals surface area contributed by atoms with Gasteiger partial charge >= 0.3 is 5.97 Å². The maximum Gasteiger partial charge on any atom is 0.353 e. The topological polar surface area (TPSA) is 163 Å². The quantitative estimate of drug-likeness (QED) is 0.403. The van der Waals surface area contributed by atoms with Crippen molar-refractivity contribution in [2.75, 3.05) is 18.2 Å². The van der Waals surface area contributed by atoms with Crippen LogP contribution in [0, 0.1) is 5.41 Å². The monoisotopic (exact) mass is 405 g/mol. The number of hydrogen-bond donors (Lipinski definition) is 5. The van der Waals surface area contributed by atoms with Crippen LogP contribution in [0.1, 0.15) is 16.1 Å². The lowest BCUT2D eigenvalue weighted by atomic mass is 10.2. The Labute approximate surface area is 149 Å². The molecule has 0 atom stereocenters. The molecule has 128 valence electrons. The van der Waals surface area contributed by atoms with Crippen LogP contribution in [0.3, 0.4) is 0 Å². The third kappa shape index (κ3) is 2.85. The van der Waals surface area contributed by atoms with Crippen LogP contribution < -0.4 is 15.8 Å². The van der Waals surface area contributed by atoms with E-state index in [0.717, 1.165) is 6.21 Å². The Kier molecular flexibility index (Phi) is 4.23. The molecule has 11 heteroatoms. The number of nitrogens with two attached hydrogens (primary N) is 1. The Balaban J connectivity index is 2.16. The van der Waals surface area contributed by atoms with Gasteiger partial charge in [0.05, 0.1) is 17.0 Å². The highest BCUT2D eigenvalue weighted by atomic mass is 79.9. The van der Waals surface area contributed by atoms with Crippen LogP contribution in [-0.4, -0.2) is 44.3 Å². The van der Waals surface area contributed by atoms with Gasteiger partial charge in [-0.1, -0.05) is 0 Å². The minimum absolute atomic E-state index is 0.0406. The van der Waals surface area contributed by atoms with E-state index in [4.69, 9.17) is 15.9 Å². The number of fused-ring (bicyclic) bond motifs is 1. The molecule has 0 aliphatic carbocycles. The number of methoxy groups -OCH3 is 1. The first-order valence-corrected chi connectivity index (χ1v) is 7.63. The third-order valence-corrected chi connectivity index (χ3v) is 4.19. The van der Waals surface area contributed by atoms with Crippen molar-refractivity contribution >= 4 is 56.5 Å². The molecule has 0 fully saturated rings. The summed E-state index contributed by atoms with van der Waals surface area (Å²) < 4.78 is 5.51. The minimum atomic E-state index is -1.13. The number of aromatic amines is 1. The molecule has 3 aromatic heterocycles. The average molecular weight is 406 g/mol. The fourth-order valence-corrected chi connectivity index (χ4v) is 2.89. The number of carbonyl (C=O) groups is 1. The largest absolute Gasteiger partial charge is 0.479 e. The molecule has 0 spiro atoms. The molecule has 0 saturated heterocycles. The van der Waals surface area contributed by atoms with E-state index in [0.29, 0.717) is 32.6 Å². The first-order valence-electron chi connectivity index (χ1n) is 6.83. The number of H-pyrrole nitrogens is 1. The van der Waals surface area contributed by atoms with Gasteiger partial charge < -0.3 is 31.3 Å². The van der Waals surface area contributed by atoms with Gasteiger partial charge in [0.1, 0.15) is 35.0 Å². The van der Waals surface area contributed by atoms with Gasteiger partial charge in [-0.05, 0) is 22.0 Å². The van der Waals surface area contributed by atoms with Crippen LogP contribution in [0.5, 0.6) is 5.88 Å². The van der Waals surface area contributed by atoms with E-state index in [2.05, 4.69) is 41.2 Å². The highest BCUT2D eigenvalue weighted by molar-refractivity contribution is 9.10. The molecule has 0 amide bonds. The number of aromatic nitrogens is 4. The Morgan fingerprint density at radius 1 is 1.52 bits per heavy atom. The highest BCUT2D eigenvalue weighted by Gasteiger charge is 2.20. The Hall–Kier alpha value is -3.21.